The maximum absolute atomic E-state index is 13.0. The van der Waals surface area contributed by atoms with Crippen LogP contribution in [-0.2, 0) is 0 Å². The maximum Gasteiger partial charge on any atom is 0.282 e. The van der Waals surface area contributed by atoms with Crippen LogP contribution in [0.25, 0.3) is 10.9 Å². The Kier molecular flexibility index (Phi) is 5.81. The molecule has 0 aliphatic carbocycles. The Hall–Kier alpha value is -1.99. The van der Waals surface area contributed by atoms with Gasteiger partial charge < -0.3 is 4.90 Å². The van der Waals surface area contributed by atoms with Crippen LogP contribution in [0.4, 0.5) is 5.69 Å². The Morgan fingerprint density at radius 1 is 1.15 bits per heavy atom. The Morgan fingerprint density at radius 3 is 2.52 bits per heavy atom. The number of rotatable bonds is 4. The lowest BCUT2D eigenvalue weighted by molar-refractivity contribution is 0.665. The molecular weight excluding hydrogens is 472 g/mol. The van der Waals surface area contributed by atoms with Crippen molar-refractivity contribution in [3.63, 3.8) is 0 Å². The molecule has 0 radical (unpaired) electrons. The molecule has 0 atom stereocenters. The van der Waals surface area contributed by atoms with Crippen LogP contribution in [0.15, 0.2) is 55.2 Å². The first-order chi connectivity index (χ1) is 12.8. The molecule has 27 heavy (non-hydrogen) atoms. The van der Waals surface area contributed by atoms with Crippen LogP contribution in [0, 0.1) is 0 Å². The van der Waals surface area contributed by atoms with Gasteiger partial charge in [-0.3, -0.25) is 4.79 Å². The van der Waals surface area contributed by atoms with Crippen molar-refractivity contribution in [3.8, 4) is 0 Å². The smallest absolute Gasteiger partial charge is 0.282 e. The molecule has 0 fully saturated rings. The fourth-order valence-corrected chi connectivity index (χ4v) is 3.85. The van der Waals surface area contributed by atoms with Gasteiger partial charge in [-0.25, -0.2) is 4.98 Å². The van der Waals surface area contributed by atoms with Crippen LogP contribution < -0.4 is 10.5 Å². The topological polar surface area (TPSA) is 50.5 Å². The molecule has 0 bridgehead atoms. The summed E-state index contributed by atoms with van der Waals surface area (Å²) in [5.74, 6) is 0.695. The van der Waals surface area contributed by atoms with Gasteiger partial charge in [-0.1, -0.05) is 35.8 Å². The summed E-state index contributed by atoms with van der Waals surface area (Å²) in [4.78, 5) is 19.7. The van der Waals surface area contributed by atoms with Crippen molar-refractivity contribution in [3.05, 3.63) is 67.1 Å². The summed E-state index contributed by atoms with van der Waals surface area (Å²) in [6.45, 7) is 4.00. The Labute approximate surface area is 175 Å². The van der Waals surface area contributed by atoms with Gasteiger partial charge in [-0.2, -0.15) is 9.78 Å². The molecule has 0 saturated heterocycles. The van der Waals surface area contributed by atoms with E-state index in [0.29, 0.717) is 16.7 Å². The standard InChI is InChI=1S/C20H20Br2N4O/c1-12(2)19-24-17-7-6-14(21)10-15(17)20(27)26(19)23-11-13-5-8-18(25(3)4)16(22)9-13/h5-12H,1-4H3. The molecule has 0 aliphatic heterocycles. The van der Waals surface area contributed by atoms with Gasteiger partial charge in [0.15, 0.2) is 0 Å². The van der Waals surface area contributed by atoms with E-state index >= 15 is 0 Å². The SMILES string of the molecule is CC(C)c1nc2ccc(Br)cc2c(=O)n1N=Cc1ccc(N(C)C)c(Br)c1. The number of anilines is 1. The molecule has 5 nitrogen and oxygen atoms in total. The first-order valence-corrected chi connectivity index (χ1v) is 10.1. The van der Waals surface area contributed by atoms with Crippen molar-refractivity contribution in [1.29, 1.82) is 0 Å². The molecule has 0 spiro atoms. The number of hydrogen-bond acceptors (Lipinski definition) is 4. The molecule has 2 aromatic carbocycles. The predicted molar refractivity (Wildman–Crippen MR) is 119 cm³/mol. The van der Waals surface area contributed by atoms with Gasteiger partial charge in [0.1, 0.15) is 5.82 Å². The van der Waals surface area contributed by atoms with E-state index in [1.165, 1.54) is 4.68 Å². The third kappa shape index (κ3) is 4.14. The van der Waals surface area contributed by atoms with E-state index in [9.17, 15) is 4.79 Å². The second kappa shape index (κ2) is 7.94. The number of nitrogens with zero attached hydrogens (tertiary/aromatic N) is 4. The first kappa shape index (κ1) is 19.8. The molecule has 7 heteroatoms. The largest absolute Gasteiger partial charge is 0.377 e. The van der Waals surface area contributed by atoms with E-state index in [1.54, 1.807) is 12.3 Å². The van der Waals surface area contributed by atoms with Crippen molar-refractivity contribution >= 4 is 54.7 Å². The van der Waals surface area contributed by atoms with Crippen LogP contribution in [0.5, 0.6) is 0 Å². The summed E-state index contributed by atoms with van der Waals surface area (Å²) in [7, 11) is 3.97. The van der Waals surface area contributed by atoms with Crippen LogP contribution in [-0.4, -0.2) is 30.0 Å². The van der Waals surface area contributed by atoms with E-state index < -0.39 is 0 Å². The summed E-state index contributed by atoms with van der Waals surface area (Å²) < 4.78 is 3.20. The first-order valence-electron chi connectivity index (χ1n) is 8.51. The van der Waals surface area contributed by atoms with E-state index in [1.807, 2.05) is 63.2 Å². The Bertz CT molecular complexity index is 1090. The van der Waals surface area contributed by atoms with Crippen molar-refractivity contribution in [2.24, 2.45) is 5.10 Å². The molecule has 0 aliphatic rings. The van der Waals surface area contributed by atoms with E-state index in [2.05, 4.69) is 41.9 Å². The summed E-state index contributed by atoms with van der Waals surface area (Å²) >= 11 is 6.99. The molecular formula is C20H20Br2N4O. The zero-order valence-corrected chi connectivity index (χ0v) is 18.7. The highest BCUT2D eigenvalue weighted by Gasteiger charge is 2.13. The fraction of sp³-hybridized carbons (Fsp3) is 0.250. The van der Waals surface area contributed by atoms with Crippen LogP contribution in [0.1, 0.15) is 31.2 Å². The van der Waals surface area contributed by atoms with Crippen molar-refractivity contribution in [2.45, 2.75) is 19.8 Å². The number of halogens is 2. The van der Waals surface area contributed by atoms with Gasteiger partial charge >= 0.3 is 0 Å². The molecule has 0 N–H and O–H groups in total. The average Bonchev–Trinajstić information content (AvgIpc) is 2.60. The molecule has 0 unspecified atom stereocenters. The lowest BCUT2D eigenvalue weighted by atomic mass is 10.2. The summed E-state index contributed by atoms with van der Waals surface area (Å²) in [6.07, 6.45) is 1.68. The molecule has 3 rings (SSSR count). The summed E-state index contributed by atoms with van der Waals surface area (Å²) in [5.41, 5.74) is 2.47. The normalized spacial score (nSPS) is 11.7. The van der Waals surface area contributed by atoms with Gasteiger partial charge in [0.05, 0.1) is 22.8 Å². The third-order valence-electron chi connectivity index (χ3n) is 4.13. The maximum atomic E-state index is 13.0. The van der Waals surface area contributed by atoms with Crippen molar-refractivity contribution in [1.82, 2.24) is 9.66 Å². The van der Waals surface area contributed by atoms with E-state index in [4.69, 9.17) is 0 Å². The van der Waals surface area contributed by atoms with Gasteiger partial charge in [-0.05, 0) is 51.8 Å². The van der Waals surface area contributed by atoms with E-state index in [0.717, 1.165) is 20.2 Å². The number of hydrogen-bond donors (Lipinski definition) is 0. The highest BCUT2D eigenvalue weighted by Crippen LogP contribution is 2.25. The molecule has 0 saturated carbocycles. The molecule has 0 amide bonds. The van der Waals surface area contributed by atoms with Gasteiger partial charge in [0, 0.05) is 29.0 Å². The van der Waals surface area contributed by atoms with Crippen LogP contribution >= 0.6 is 31.9 Å². The monoisotopic (exact) mass is 490 g/mol. The number of aromatic nitrogens is 2. The zero-order chi connectivity index (χ0) is 19.7. The average molecular weight is 492 g/mol. The number of benzene rings is 2. The minimum absolute atomic E-state index is 0.0609. The van der Waals surface area contributed by atoms with Crippen LogP contribution in [0.3, 0.4) is 0 Å². The molecule has 1 aromatic heterocycles. The van der Waals surface area contributed by atoms with Crippen LogP contribution in [0.2, 0.25) is 0 Å². The second-order valence-corrected chi connectivity index (χ2v) is 8.52. The highest BCUT2D eigenvalue weighted by atomic mass is 79.9. The Morgan fingerprint density at radius 2 is 1.89 bits per heavy atom. The van der Waals surface area contributed by atoms with E-state index in [-0.39, 0.29) is 11.5 Å². The van der Waals surface area contributed by atoms with Crippen molar-refractivity contribution in [2.75, 3.05) is 19.0 Å². The highest BCUT2D eigenvalue weighted by molar-refractivity contribution is 9.10. The summed E-state index contributed by atoms with van der Waals surface area (Å²) in [5, 5.41) is 5.00. The fourth-order valence-electron chi connectivity index (χ4n) is 2.74. The second-order valence-electron chi connectivity index (χ2n) is 6.75. The van der Waals surface area contributed by atoms with Gasteiger partial charge in [0.2, 0.25) is 0 Å². The quantitative estimate of drug-likeness (QED) is 0.483. The lowest BCUT2D eigenvalue weighted by Crippen LogP contribution is -2.23. The molecule has 1 heterocycles. The van der Waals surface area contributed by atoms with Gasteiger partial charge in [-0.15, -0.1) is 0 Å². The van der Waals surface area contributed by atoms with Gasteiger partial charge in [0.25, 0.3) is 5.56 Å². The van der Waals surface area contributed by atoms with Crippen molar-refractivity contribution < 1.29 is 0 Å². The predicted octanol–water partition coefficient (Wildman–Crippen LogP) is 4.99. The number of fused-ring (bicyclic) bond motifs is 1. The minimum Gasteiger partial charge on any atom is -0.377 e. The zero-order valence-electron chi connectivity index (χ0n) is 15.6. The third-order valence-corrected chi connectivity index (χ3v) is 5.25. The molecule has 140 valence electrons. The molecule has 3 aromatic rings. The summed E-state index contributed by atoms with van der Waals surface area (Å²) in [6, 6.07) is 11.5. The Balaban J connectivity index is 2.12. The lowest BCUT2D eigenvalue weighted by Gasteiger charge is -2.14. The minimum atomic E-state index is -0.176.